The standard InChI is InChI=1S/C19H22N4O/c1-12-9-17(24-15(12)4)10-21-13(2)18-11-22-19(23-14(18)3)16-5-7-20-8-6-16/h5-9,11,13,21H,10H2,1-4H3. The van der Waals surface area contributed by atoms with Crippen LogP contribution in [0, 0.1) is 20.8 Å². The molecule has 24 heavy (non-hydrogen) atoms. The lowest BCUT2D eigenvalue weighted by atomic mass is 10.1. The van der Waals surface area contributed by atoms with E-state index in [0.717, 1.165) is 34.2 Å². The van der Waals surface area contributed by atoms with Crippen molar-refractivity contribution in [2.45, 2.75) is 40.3 Å². The Kier molecular flexibility index (Phi) is 4.71. The highest BCUT2D eigenvalue weighted by Crippen LogP contribution is 2.20. The van der Waals surface area contributed by atoms with Gasteiger partial charge in [-0.05, 0) is 51.5 Å². The summed E-state index contributed by atoms with van der Waals surface area (Å²) in [6, 6.07) is 6.04. The van der Waals surface area contributed by atoms with Crippen LogP contribution < -0.4 is 5.32 Å². The highest BCUT2D eigenvalue weighted by atomic mass is 16.3. The van der Waals surface area contributed by atoms with Crippen molar-refractivity contribution in [2.75, 3.05) is 0 Å². The lowest BCUT2D eigenvalue weighted by Crippen LogP contribution is -2.19. The normalized spacial score (nSPS) is 12.3. The number of hydrogen-bond donors (Lipinski definition) is 1. The number of hydrogen-bond acceptors (Lipinski definition) is 5. The maximum atomic E-state index is 5.71. The summed E-state index contributed by atoms with van der Waals surface area (Å²) in [7, 11) is 0. The van der Waals surface area contributed by atoms with Crippen molar-refractivity contribution in [1.82, 2.24) is 20.3 Å². The molecular formula is C19H22N4O. The minimum Gasteiger partial charge on any atom is -0.465 e. The van der Waals surface area contributed by atoms with Gasteiger partial charge < -0.3 is 9.73 Å². The third-order valence-electron chi connectivity index (χ3n) is 4.22. The summed E-state index contributed by atoms with van der Waals surface area (Å²) in [6.07, 6.45) is 5.40. The lowest BCUT2D eigenvalue weighted by molar-refractivity contribution is 0.442. The Morgan fingerprint density at radius 3 is 2.54 bits per heavy atom. The second-order valence-electron chi connectivity index (χ2n) is 6.02. The average Bonchev–Trinajstić information content (AvgIpc) is 2.91. The first-order valence-corrected chi connectivity index (χ1v) is 8.08. The van der Waals surface area contributed by atoms with Gasteiger partial charge in [0.05, 0.1) is 6.54 Å². The largest absolute Gasteiger partial charge is 0.465 e. The van der Waals surface area contributed by atoms with Crippen molar-refractivity contribution in [3.8, 4) is 11.4 Å². The Balaban J connectivity index is 1.72. The van der Waals surface area contributed by atoms with Crippen LogP contribution in [0.2, 0.25) is 0 Å². The summed E-state index contributed by atoms with van der Waals surface area (Å²) < 4.78 is 5.71. The molecule has 1 unspecified atom stereocenters. The molecule has 0 aliphatic carbocycles. The van der Waals surface area contributed by atoms with Gasteiger partial charge in [-0.15, -0.1) is 0 Å². The van der Waals surface area contributed by atoms with Crippen LogP contribution >= 0.6 is 0 Å². The molecule has 5 nitrogen and oxygen atoms in total. The average molecular weight is 322 g/mol. The summed E-state index contributed by atoms with van der Waals surface area (Å²) in [5, 5.41) is 3.47. The number of aryl methyl sites for hydroxylation is 3. The third-order valence-corrected chi connectivity index (χ3v) is 4.22. The van der Waals surface area contributed by atoms with Crippen LogP contribution in [0.5, 0.6) is 0 Å². The summed E-state index contributed by atoms with van der Waals surface area (Å²) >= 11 is 0. The molecule has 0 saturated heterocycles. The van der Waals surface area contributed by atoms with Crippen LogP contribution in [-0.4, -0.2) is 15.0 Å². The van der Waals surface area contributed by atoms with E-state index in [4.69, 9.17) is 4.42 Å². The number of furan rings is 1. The van der Waals surface area contributed by atoms with Gasteiger partial charge in [0.25, 0.3) is 0 Å². The first-order chi connectivity index (χ1) is 11.5. The molecule has 0 bridgehead atoms. The van der Waals surface area contributed by atoms with Crippen molar-refractivity contribution in [3.05, 3.63) is 65.1 Å². The van der Waals surface area contributed by atoms with Crippen LogP contribution in [0.25, 0.3) is 11.4 Å². The molecule has 0 aliphatic heterocycles. The van der Waals surface area contributed by atoms with Gasteiger partial charge in [-0.3, -0.25) is 4.98 Å². The molecular weight excluding hydrogens is 300 g/mol. The fourth-order valence-electron chi connectivity index (χ4n) is 2.64. The predicted octanol–water partition coefficient (Wildman–Crippen LogP) is 3.91. The van der Waals surface area contributed by atoms with E-state index in [9.17, 15) is 0 Å². The predicted molar refractivity (Wildman–Crippen MR) is 93.4 cm³/mol. The van der Waals surface area contributed by atoms with Gasteiger partial charge in [0, 0.05) is 41.5 Å². The molecule has 3 heterocycles. The SMILES string of the molecule is Cc1cc(CNC(C)c2cnc(-c3ccncc3)nc2C)oc1C. The molecule has 0 radical (unpaired) electrons. The van der Waals surface area contributed by atoms with Crippen molar-refractivity contribution in [3.63, 3.8) is 0 Å². The molecule has 0 spiro atoms. The zero-order valence-corrected chi connectivity index (χ0v) is 14.5. The minimum atomic E-state index is 0.141. The van der Waals surface area contributed by atoms with E-state index in [2.05, 4.69) is 40.2 Å². The van der Waals surface area contributed by atoms with Crippen LogP contribution in [0.15, 0.2) is 41.2 Å². The van der Waals surface area contributed by atoms with Gasteiger partial charge >= 0.3 is 0 Å². The Morgan fingerprint density at radius 2 is 1.92 bits per heavy atom. The number of rotatable bonds is 5. The van der Waals surface area contributed by atoms with E-state index in [1.807, 2.05) is 32.2 Å². The number of aromatic nitrogens is 3. The molecule has 0 fully saturated rings. The molecule has 1 atom stereocenters. The summed E-state index contributed by atoms with van der Waals surface area (Å²) in [5.41, 5.74) is 4.22. The Morgan fingerprint density at radius 1 is 1.17 bits per heavy atom. The first-order valence-electron chi connectivity index (χ1n) is 8.08. The second kappa shape index (κ2) is 6.93. The Hall–Kier alpha value is -2.53. The van der Waals surface area contributed by atoms with Crippen LogP contribution in [0.1, 0.15) is 41.3 Å². The monoisotopic (exact) mass is 322 g/mol. The molecule has 3 rings (SSSR count). The highest BCUT2D eigenvalue weighted by Gasteiger charge is 2.13. The molecule has 124 valence electrons. The van der Waals surface area contributed by atoms with E-state index in [1.165, 1.54) is 5.56 Å². The maximum Gasteiger partial charge on any atom is 0.159 e. The summed E-state index contributed by atoms with van der Waals surface area (Å²) in [4.78, 5) is 13.2. The van der Waals surface area contributed by atoms with Crippen molar-refractivity contribution < 1.29 is 4.42 Å². The molecule has 0 amide bonds. The first kappa shape index (κ1) is 16.3. The second-order valence-corrected chi connectivity index (χ2v) is 6.02. The van der Waals surface area contributed by atoms with Crippen LogP contribution in [0.3, 0.4) is 0 Å². The zero-order chi connectivity index (χ0) is 17.1. The molecule has 0 aromatic carbocycles. The summed E-state index contributed by atoms with van der Waals surface area (Å²) in [5.74, 6) is 2.65. The summed E-state index contributed by atoms with van der Waals surface area (Å²) in [6.45, 7) is 8.85. The molecule has 1 N–H and O–H groups in total. The van der Waals surface area contributed by atoms with Crippen LogP contribution in [-0.2, 0) is 6.54 Å². The Labute approximate surface area is 142 Å². The van der Waals surface area contributed by atoms with E-state index >= 15 is 0 Å². The Bertz CT molecular complexity index is 807. The van der Waals surface area contributed by atoms with Gasteiger partial charge in [0.15, 0.2) is 5.82 Å². The third kappa shape index (κ3) is 3.51. The zero-order valence-electron chi connectivity index (χ0n) is 14.5. The topological polar surface area (TPSA) is 63.8 Å². The number of nitrogens with zero attached hydrogens (tertiary/aromatic N) is 3. The van der Waals surface area contributed by atoms with E-state index in [0.29, 0.717) is 6.54 Å². The smallest absolute Gasteiger partial charge is 0.159 e. The van der Waals surface area contributed by atoms with Gasteiger partial charge in [0.2, 0.25) is 0 Å². The van der Waals surface area contributed by atoms with Crippen molar-refractivity contribution >= 4 is 0 Å². The van der Waals surface area contributed by atoms with Gasteiger partial charge in [-0.2, -0.15) is 0 Å². The van der Waals surface area contributed by atoms with Gasteiger partial charge in [-0.25, -0.2) is 9.97 Å². The molecule has 0 saturated carbocycles. The molecule has 5 heteroatoms. The van der Waals surface area contributed by atoms with Crippen molar-refractivity contribution in [1.29, 1.82) is 0 Å². The quantitative estimate of drug-likeness (QED) is 0.771. The number of nitrogens with one attached hydrogen (secondary N) is 1. The fraction of sp³-hybridized carbons (Fsp3) is 0.316. The van der Waals surface area contributed by atoms with E-state index in [1.54, 1.807) is 12.4 Å². The van der Waals surface area contributed by atoms with Gasteiger partial charge in [-0.1, -0.05) is 0 Å². The van der Waals surface area contributed by atoms with E-state index in [-0.39, 0.29) is 6.04 Å². The number of pyridine rings is 1. The minimum absolute atomic E-state index is 0.141. The molecule has 0 aliphatic rings. The fourth-order valence-corrected chi connectivity index (χ4v) is 2.64. The van der Waals surface area contributed by atoms with Crippen LogP contribution in [0.4, 0.5) is 0 Å². The van der Waals surface area contributed by atoms with Gasteiger partial charge in [0.1, 0.15) is 11.5 Å². The maximum absolute atomic E-state index is 5.71. The molecule has 3 aromatic rings. The van der Waals surface area contributed by atoms with E-state index < -0.39 is 0 Å². The lowest BCUT2D eigenvalue weighted by Gasteiger charge is -2.15. The highest BCUT2D eigenvalue weighted by molar-refractivity contribution is 5.53. The van der Waals surface area contributed by atoms with Crippen molar-refractivity contribution in [2.24, 2.45) is 0 Å². The molecule has 3 aromatic heterocycles.